The summed E-state index contributed by atoms with van der Waals surface area (Å²) < 4.78 is 2.15. The molecule has 1 aliphatic rings. The van der Waals surface area contributed by atoms with Crippen LogP contribution in [-0.4, -0.2) is 66.7 Å². The summed E-state index contributed by atoms with van der Waals surface area (Å²) in [5.74, 6) is 0.489. The second kappa shape index (κ2) is 13.4. The maximum Gasteiger partial charge on any atom is 0.198 e. The molecule has 1 unspecified atom stereocenters. The molecule has 0 saturated carbocycles. The molecule has 4 nitrogen and oxygen atoms in total. The average Bonchev–Trinajstić information content (AvgIpc) is 2.97. The number of hydrogen-bond acceptors (Lipinski definition) is 3. The van der Waals surface area contributed by atoms with Crippen molar-refractivity contribution in [1.29, 1.82) is 0 Å². The molecule has 0 aliphatic heterocycles. The monoisotopic (exact) mass is 545 g/mol. The van der Waals surface area contributed by atoms with Gasteiger partial charge in [0.1, 0.15) is 14.1 Å². The van der Waals surface area contributed by atoms with Crippen LogP contribution in [0.3, 0.4) is 0 Å². The average molecular weight is 546 g/mol. The third kappa shape index (κ3) is 7.46. The Kier molecular flexibility index (Phi) is 9.67. The fourth-order valence-electron chi connectivity index (χ4n) is 5.04. The normalized spacial score (nSPS) is 15.1. The van der Waals surface area contributed by atoms with Gasteiger partial charge in [0.05, 0.1) is 0 Å². The van der Waals surface area contributed by atoms with E-state index in [9.17, 15) is 0 Å². The topological polar surface area (TPSA) is 12.7 Å². The van der Waals surface area contributed by atoms with Crippen LogP contribution in [0.15, 0.2) is 115 Å². The number of allylic oxidation sites excluding steroid dienone is 7. The molecule has 1 atom stereocenters. The lowest BCUT2D eigenvalue weighted by molar-refractivity contribution is -0.462. The quantitative estimate of drug-likeness (QED) is 0.210. The molecule has 0 bridgehead atoms. The molecular formula is C37H45N4+. The van der Waals surface area contributed by atoms with Crippen LogP contribution in [0.2, 0.25) is 0 Å². The van der Waals surface area contributed by atoms with Gasteiger partial charge in [-0.05, 0) is 58.7 Å². The highest BCUT2D eigenvalue weighted by molar-refractivity contribution is 6.01. The Hall–Kier alpha value is -4.31. The number of anilines is 3. The fourth-order valence-corrected chi connectivity index (χ4v) is 5.04. The fraction of sp³-hybridized carbons (Fsp3) is 0.270. The Morgan fingerprint density at radius 1 is 0.634 bits per heavy atom. The number of hydrogen-bond donors (Lipinski definition) is 0. The summed E-state index contributed by atoms with van der Waals surface area (Å²) >= 11 is 0. The van der Waals surface area contributed by atoms with Gasteiger partial charge in [-0.15, -0.1) is 0 Å². The van der Waals surface area contributed by atoms with E-state index in [1.807, 2.05) is 0 Å². The number of nitrogens with zero attached hydrogens (tertiary/aromatic N) is 4. The molecule has 212 valence electrons. The van der Waals surface area contributed by atoms with E-state index in [4.69, 9.17) is 0 Å². The molecule has 41 heavy (non-hydrogen) atoms. The lowest BCUT2D eigenvalue weighted by Gasteiger charge is -2.22. The van der Waals surface area contributed by atoms with Crippen molar-refractivity contribution in [3.05, 3.63) is 132 Å². The molecule has 0 saturated heterocycles. The van der Waals surface area contributed by atoms with E-state index in [-0.39, 0.29) is 11.8 Å². The van der Waals surface area contributed by atoms with Gasteiger partial charge in [-0.1, -0.05) is 66.8 Å². The minimum absolute atomic E-state index is 0.215. The Balaban J connectivity index is 1.74. The zero-order chi connectivity index (χ0) is 29.5. The van der Waals surface area contributed by atoms with Gasteiger partial charge < -0.3 is 14.7 Å². The molecule has 3 aromatic carbocycles. The van der Waals surface area contributed by atoms with E-state index in [1.54, 1.807) is 0 Å². The number of benzene rings is 3. The van der Waals surface area contributed by atoms with E-state index in [0.29, 0.717) is 0 Å². The molecule has 1 aliphatic carbocycles. The Bertz CT molecular complexity index is 1380. The van der Waals surface area contributed by atoms with Crippen LogP contribution in [0.25, 0.3) is 5.57 Å². The molecule has 0 amide bonds. The minimum atomic E-state index is 0.215. The van der Waals surface area contributed by atoms with E-state index < -0.39 is 0 Å². The summed E-state index contributed by atoms with van der Waals surface area (Å²) in [6.45, 7) is 0. The Labute approximate surface area is 247 Å². The smallest absolute Gasteiger partial charge is 0.198 e. The molecular weight excluding hydrogens is 500 g/mol. The standard InChI is InChI=1S/C37H45N4/c1-38(2)32-20-12-28(13-21-32)36(29-14-22-33(23-15-29)39(3)4)10-9-11-37(30-16-24-34(25-17-30)40(5)6)31-18-26-35(27-19-31)41(7)8/h9-28,36H,1-8H3/q+1/b10-9+. The van der Waals surface area contributed by atoms with Crippen molar-refractivity contribution < 1.29 is 4.58 Å². The van der Waals surface area contributed by atoms with Crippen molar-refractivity contribution in [1.82, 2.24) is 0 Å². The lowest BCUT2D eigenvalue weighted by Crippen LogP contribution is -2.15. The van der Waals surface area contributed by atoms with E-state index in [1.165, 1.54) is 45.0 Å². The second-order valence-electron chi connectivity index (χ2n) is 11.5. The first-order chi connectivity index (χ1) is 19.6. The van der Waals surface area contributed by atoms with Crippen molar-refractivity contribution in [3.8, 4) is 0 Å². The van der Waals surface area contributed by atoms with Gasteiger partial charge in [0.15, 0.2) is 5.71 Å². The van der Waals surface area contributed by atoms with Gasteiger partial charge in [-0.2, -0.15) is 0 Å². The Morgan fingerprint density at radius 2 is 1.05 bits per heavy atom. The first kappa shape index (κ1) is 29.7. The lowest BCUT2D eigenvalue weighted by atomic mass is 9.83. The van der Waals surface area contributed by atoms with Crippen LogP contribution in [0, 0.1) is 5.92 Å². The predicted octanol–water partition coefficient (Wildman–Crippen LogP) is 7.11. The summed E-state index contributed by atoms with van der Waals surface area (Å²) in [4.78, 5) is 6.41. The molecule has 0 heterocycles. The van der Waals surface area contributed by atoms with E-state index in [2.05, 4.69) is 191 Å². The predicted molar refractivity (Wildman–Crippen MR) is 180 cm³/mol. The summed E-state index contributed by atoms with van der Waals surface area (Å²) in [5, 5.41) is 0. The maximum absolute atomic E-state index is 2.35. The van der Waals surface area contributed by atoms with Gasteiger partial charge in [0.25, 0.3) is 0 Å². The maximum atomic E-state index is 2.35. The van der Waals surface area contributed by atoms with Crippen molar-refractivity contribution >= 4 is 28.3 Å². The first-order valence-corrected chi connectivity index (χ1v) is 14.3. The Morgan fingerprint density at radius 3 is 1.44 bits per heavy atom. The van der Waals surface area contributed by atoms with Crippen LogP contribution in [0.5, 0.6) is 0 Å². The second-order valence-corrected chi connectivity index (χ2v) is 11.5. The van der Waals surface area contributed by atoms with Crippen molar-refractivity contribution in [3.63, 3.8) is 0 Å². The van der Waals surface area contributed by atoms with Gasteiger partial charge in [-0.25, -0.2) is 4.58 Å². The molecule has 0 fully saturated rings. The minimum Gasteiger partial charge on any atom is -0.378 e. The summed E-state index contributed by atoms with van der Waals surface area (Å²) in [7, 11) is 16.6. The van der Waals surface area contributed by atoms with Crippen molar-refractivity contribution in [2.24, 2.45) is 5.92 Å². The molecule has 0 N–H and O–H groups in total. The molecule has 4 rings (SSSR count). The molecule has 0 aromatic heterocycles. The zero-order valence-corrected chi connectivity index (χ0v) is 25.9. The van der Waals surface area contributed by atoms with Crippen molar-refractivity contribution in [2.75, 3.05) is 71.1 Å². The van der Waals surface area contributed by atoms with E-state index >= 15 is 0 Å². The van der Waals surface area contributed by atoms with Crippen LogP contribution in [-0.2, 0) is 0 Å². The SMILES string of the molecule is CN(C)c1ccc(C(=C/C=C/C(c2ccc(N(C)C)cc2)C2C=CC(=[N+](C)C)C=C2)c2ccc(N(C)C)cc2)cc1. The van der Waals surface area contributed by atoms with Crippen LogP contribution >= 0.6 is 0 Å². The van der Waals surface area contributed by atoms with Gasteiger partial charge >= 0.3 is 0 Å². The van der Waals surface area contributed by atoms with Gasteiger partial charge in [0, 0.05) is 83.3 Å². The third-order valence-electron chi connectivity index (χ3n) is 7.67. The van der Waals surface area contributed by atoms with Gasteiger partial charge in [-0.3, -0.25) is 0 Å². The summed E-state index contributed by atoms with van der Waals surface area (Å²) in [6, 6.07) is 26.6. The van der Waals surface area contributed by atoms with Crippen LogP contribution in [0.1, 0.15) is 22.6 Å². The van der Waals surface area contributed by atoms with Crippen LogP contribution in [0.4, 0.5) is 17.1 Å². The molecule has 4 heteroatoms. The number of rotatable bonds is 9. The third-order valence-corrected chi connectivity index (χ3v) is 7.67. The molecule has 0 spiro atoms. The molecule has 3 aromatic rings. The summed E-state index contributed by atoms with van der Waals surface area (Å²) in [6.07, 6.45) is 16.0. The zero-order valence-electron chi connectivity index (χ0n) is 25.9. The highest BCUT2D eigenvalue weighted by Crippen LogP contribution is 2.32. The first-order valence-electron chi connectivity index (χ1n) is 14.3. The molecule has 0 radical (unpaired) electrons. The highest BCUT2D eigenvalue weighted by atomic mass is 15.1. The van der Waals surface area contributed by atoms with Crippen molar-refractivity contribution in [2.45, 2.75) is 5.92 Å². The van der Waals surface area contributed by atoms with E-state index in [0.717, 1.165) is 0 Å². The van der Waals surface area contributed by atoms with Crippen LogP contribution < -0.4 is 14.7 Å². The van der Waals surface area contributed by atoms with Gasteiger partial charge in [0.2, 0.25) is 0 Å². The highest BCUT2D eigenvalue weighted by Gasteiger charge is 2.20. The largest absolute Gasteiger partial charge is 0.378 e. The summed E-state index contributed by atoms with van der Waals surface area (Å²) in [5.41, 5.74) is 9.72.